The van der Waals surface area contributed by atoms with Crippen molar-refractivity contribution in [1.82, 2.24) is 4.90 Å². The second-order valence-electron chi connectivity index (χ2n) is 8.25. The lowest BCUT2D eigenvalue weighted by atomic mass is 9.90. The molecule has 33 heavy (non-hydrogen) atoms. The van der Waals surface area contributed by atoms with Crippen LogP contribution in [0, 0.1) is 0 Å². The van der Waals surface area contributed by atoms with E-state index in [9.17, 15) is 4.79 Å². The number of carbonyl (C=O) groups is 1. The first-order valence-electron chi connectivity index (χ1n) is 11.4. The number of ether oxygens (including phenoxy) is 2. The van der Waals surface area contributed by atoms with Gasteiger partial charge in [0.25, 0.3) is 0 Å². The smallest absolute Gasteiger partial charge is 0.310 e. The van der Waals surface area contributed by atoms with Crippen molar-refractivity contribution in [3.63, 3.8) is 0 Å². The quantitative estimate of drug-likeness (QED) is 0.159. The van der Waals surface area contributed by atoms with E-state index >= 15 is 0 Å². The van der Waals surface area contributed by atoms with Crippen molar-refractivity contribution in [3.8, 4) is 11.5 Å². The van der Waals surface area contributed by atoms with Crippen LogP contribution in [-0.4, -0.2) is 38.1 Å². The molecule has 0 radical (unpaired) electrons. The summed E-state index contributed by atoms with van der Waals surface area (Å²) >= 11 is 0. The van der Waals surface area contributed by atoms with Crippen LogP contribution >= 0.6 is 0 Å². The molecule has 0 aromatic heterocycles. The summed E-state index contributed by atoms with van der Waals surface area (Å²) in [5, 5.41) is 0. The fraction of sp³-hybridized carbons (Fsp3) is 0.276. The van der Waals surface area contributed by atoms with Crippen LogP contribution in [0.15, 0.2) is 78.9 Å². The first-order chi connectivity index (χ1) is 16.0. The highest BCUT2D eigenvalue weighted by Crippen LogP contribution is 2.33. The zero-order valence-electron chi connectivity index (χ0n) is 20.0. The Labute approximate surface area is 197 Å². The van der Waals surface area contributed by atoms with E-state index in [2.05, 4.69) is 62.3 Å². The third kappa shape index (κ3) is 7.06. The SMILES string of the molecule is CCC(=O)Oc1ccc(/C(=C(\C)c2ccccc2)c2ccc(OCCCN(C)C)cc2)cc1. The molecule has 0 heterocycles. The first-order valence-corrected chi connectivity index (χ1v) is 11.4. The molecule has 3 aromatic rings. The number of hydrogen-bond acceptors (Lipinski definition) is 4. The fourth-order valence-corrected chi connectivity index (χ4v) is 3.61. The van der Waals surface area contributed by atoms with Gasteiger partial charge < -0.3 is 14.4 Å². The average Bonchev–Trinajstić information content (AvgIpc) is 2.84. The lowest BCUT2D eigenvalue weighted by Crippen LogP contribution is -2.15. The molecule has 0 aliphatic carbocycles. The van der Waals surface area contributed by atoms with Gasteiger partial charge in [-0.2, -0.15) is 0 Å². The van der Waals surface area contributed by atoms with Crippen molar-refractivity contribution in [1.29, 1.82) is 0 Å². The number of nitrogens with zero attached hydrogens (tertiary/aromatic N) is 1. The van der Waals surface area contributed by atoms with Gasteiger partial charge in [0.1, 0.15) is 11.5 Å². The van der Waals surface area contributed by atoms with Gasteiger partial charge >= 0.3 is 5.97 Å². The van der Waals surface area contributed by atoms with Gasteiger partial charge in [0.2, 0.25) is 0 Å². The number of benzene rings is 3. The molecule has 172 valence electrons. The van der Waals surface area contributed by atoms with Crippen LogP contribution in [0.1, 0.15) is 43.4 Å². The Morgan fingerprint density at radius 3 is 1.91 bits per heavy atom. The van der Waals surface area contributed by atoms with E-state index in [0.29, 0.717) is 18.8 Å². The van der Waals surface area contributed by atoms with Gasteiger partial charge in [-0.15, -0.1) is 0 Å². The van der Waals surface area contributed by atoms with E-state index in [1.165, 1.54) is 5.57 Å². The molecule has 0 N–H and O–H groups in total. The molecule has 0 spiro atoms. The molecule has 4 heteroatoms. The second-order valence-corrected chi connectivity index (χ2v) is 8.25. The zero-order valence-corrected chi connectivity index (χ0v) is 20.0. The zero-order chi connectivity index (χ0) is 23.6. The van der Waals surface area contributed by atoms with Gasteiger partial charge in [-0.1, -0.05) is 61.5 Å². The van der Waals surface area contributed by atoms with E-state index < -0.39 is 0 Å². The topological polar surface area (TPSA) is 38.8 Å². The minimum Gasteiger partial charge on any atom is -0.494 e. The van der Waals surface area contributed by atoms with Crippen molar-refractivity contribution in [2.45, 2.75) is 26.7 Å². The number of allylic oxidation sites excluding steroid dienone is 1. The van der Waals surface area contributed by atoms with Crippen LogP contribution in [0.2, 0.25) is 0 Å². The molecule has 0 saturated heterocycles. The summed E-state index contributed by atoms with van der Waals surface area (Å²) in [6.07, 6.45) is 1.34. The molecule has 0 fully saturated rings. The summed E-state index contributed by atoms with van der Waals surface area (Å²) < 4.78 is 11.3. The minimum atomic E-state index is -0.236. The highest BCUT2D eigenvalue weighted by atomic mass is 16.5. The van der Waals surface area contributed by atoms with Crippen LogP contribution in [0.4, 0.5) is 0 Å². The molecule has 0 unspecified atom stereocenters. The van der Waals surface area contributed by atoms with E-state index in [0.717, 1.165) is 41.0 Å². The van der Waals surface area contributed by atoms with Crippen LogP contribution in [0.3, 0.4) is 0 Å². The van der Waals surface area contributed by atoms with Crippen LogP contribution < -0.4 is 9.47 Å². The van der Waals surface area contributed by atoms with Gasteiger partial charge in [0, 0.05) is 13.0 Å². The summed E-state index contributed by atoms with van der Waals surface area (Å²) in [6.45, 7) is 5.63. The summed E-state index contributed by atoms with van der Waals surface area (Å²) in [6, 6.07) is 26.3. The van der Waals surface area contributed by atoms with Crippen molar-refractivity contribution < 1.29 is 14.3 Å². The number of esters is 1. The van der Waals surface area contributed by atoms with E-state index in [4.69, 9.17) is 9.47 Å². The molecule has 0 saturated carbocycles. The highest BCUT2D eigenvalue weighted by Gasteiger charge is 2.12. The number of rotatable bonds is 10. The van der Waals surface area contributed by atoms with Gasteiger partial charge in [0.05, 0.1) is 6.61 Å². The summed E-state index contributed by atoms with van der Waals surface area (Å²) in [5.74, 6) is 1.19. The van der Waals surface area contributed by atoms with Crippen molar-refractivity contribution in [3.05, 3.63) is 95.6 Å². The van der Waals surface area contributed by atoms with Crippen LogP contribution in [0.5, 0.6) is 11.5 Å². The predicted molar refractivity (Wildman–Crippen MR) is 136 cm³/mol. The fourth-order valence-electron chi connectivity index (χ4n) is 3.61. The molecule has 0 amide bonds. The van der Waals surface area contributed by atoms with Crippen molar-refractivity contribution in [2.75, 3.05) is 27.2 Å². The third-order valence-corrected chi connectivity index (χ3v) is 5.41. The molecule has 4 nitrogen and oxygen atoms in total. The second kappa shape index (κ2) is 12.0. The lowest BCUT2D eigenvalue weighted by molar-refractivity contribution is -0.134. The Bertz CT molecular complexity index is 1050. The van der Waals surface area contributed by atoms with Crippen LogP contribution in [-0.2, 0) is 4.79 Å². The molecule has 0 atom stereocenters. The summed E-state index contributed by atoms with van der Waals surface area (Å²) in [7, 11) is 4.14. The molecule has 3 rings (SSSR count). The number of hydrogen-bond donors (Lipinski definition) is 0. The summed E-state index contributed by atoms with van der Waals surface area (Å²) in [5.41, 5.74) is 5.64. The molecule has 3 aromatic carbocycles. The minimum absolute atomic E-state index is 0.236. The van der Waals surface area contributed by atoms with Gasteiger partial charge in [-0.25, -0.2) is 0 Å². The monoisotopic (exact) mass is 443 g/mol. The van der Waals surface area contributed by atoms with Gasteiger partial charge in [-0.05, 0) is 79.5 Å². The maximum atomic E-state index is 11.6. The lowest BCUT2D eigenvalue weighted by Gasteiger charge is -2.16. The molecular weight excluding hydrogens is 410 g/mol. The van der Waals surface area contributed by atoms with E-state index in [1.807, 2.05) is 42.5 Å². The van der Waals surface area contributed by atoms with Crippen molar-refractivity contribution in [2.24, 2.45) is 0 Å². The maximum Gasteiger partial charge on any atom is 0.310 e. The van der Waals surface area contributed by atoms with Gasteiger partial charge in [-0.3, -0.25) is 4.79 Å². The van der Waals surface area contributed by atoms with Crippen LogP contribution in [0.25, 0.3) is 11.1 Å². The standard InChI is InChI=1S/C29H33NO3/c1-5-28(31)33-27-18-14-25(15-19-27)29(22(2)23-10-7-6-8-11-23)24-12-16-26(17-13-24)32-21-9-20-30(3)4/h6-8,10-19H,5,9,20-21H2,1-4H3/b29-22+. The van der Waals surface area contributed by atoms with Gasteiger partial charge in [0.15, 0.2) is 0 Å². The number of carbonyl (C=O) groups excluding carboxylic acids is 1. The molecular formula is C29H33NO3. The molecule has 0 aliphatic heterocycles. The maximum absolute atomic E-state index is 11.6. The Hall–Kier alpha value is -3.37. The highest BCUT2D eigenvalue weighted by molar-refractivity contribution is 5.98. The average molecular weight is 444 g/mol. The molecule has 0 aliphatic rings. The third-order valence-electron chi connectivity index (χ3n) is 5.41. The molecule has 0 bridgehead atoms. The first kappa shape index (κ1) is 24.3. The summed E-state index contributed by atoms with van der Waals surface area (Å²) in [4.78, 5) is 13.8. The predicted octanol–water partition coefficient (Wildman–Crippen LogP) is 6.31. The Balaban J connectivity index is 1.90. The Morgan fingerprint density at radius 1 is 0.788 bits per heavy atom. The largest absolute Gasteiger partial charge is 0.494 e. The van der Waals surface area contributed by atoms with E-state index in [-0.39, 0.29) is 5.97 Å². The Morgan fingerprint density at radius 2 is 1.36 bits per heavy atom. The normalized spacial score (nSPS) is 11.8. The van der Waals surface area contributed by atoms with E-state index in [1.54, 1.807) is 6.92 Å². The van der Waals surface area contributed by atoms with Crippen molar-refractivity contribution >= 4 is 17.1 Å². The Kier molecular flexibility index (Phi) is 8.85.